The zero-order valence-corrected chi connectivity index (χ0v) is 15.3. The van der Waals surface area contributed by atoms with Crippen molar-refractivity contribution in [1.82, 2.24) is 30.0 Å². The highest BCUT2D eigenvalue weighted by Crippen LogP contribution is 2.07. The van der Waals surface area contributed by atoms with Crippen molar-refractivity contribution in [1.29, 1.82) is 0 Å². The van der Waals surface area contributed by atoms with Gasteiger partial charge in [-0.05, 0) is 24.1 Å². The standard InChI is InChI=1S/C19H25N7/c1-3-21-19(23-13-18-8-9-24-25(18)2)22-12-16-4-6-17(7-5-16)14-26-11-10-20-15-26/h4-11,15H,3,12-14H2,1-2H3,(H2,21,22,23). The Bertz CT molecular complexity index is 816. The predicted molar refractivity (Wildman–Crippen MR) is 103 cm³/mol. The molecule has 0 atom stereocenters. The van der Waals surface area contributed by atoms with Gasteiger partial charge in [-0.25, -0.2) is 9.98 Å². The first kappa shape index (κ1) is 17.7. The SMILES string of the molecule is CCNC(=NCc1ccc(Cn2ccnc2)cc1)NCc1ccnn1C. The van der Waals surface area contributed by atoms with Crippen molar-refractivity contribution in [3.63, 3.8) is 0 Å². The van der Waals surface area contributed by atoms with Crippen LogP contribution in [0.25, 0.3) is 0 Å². The monoisotopic (exact) mass is 351 g/mol. The van der Waals surface area contributed by atoms with Gasteiger partial charge in [0.25, 0.3) is 0 Å². The summed E-state index contributed by atoms with van der Waals surface area (Å²) in [6.07, 6.45) is 7.39. The normalized spacial score (nSPS) is 11.5. The third-order valence-electron chi connectivity index (χ3n) is 4.07. The molecule has 2 N–H and O–H groups in total. The van der Waals surface area contributed by atoms with Gasteiger partial charge < -0.3 is 15.2 Å². The van der Waals surface area contributed by atoms with Gasteiger partial charge in [0.05, 0.1) is 25.1 Å². The van der Waals surface area contributed by atoms with Crippen molar-refractivity contribution in [2.75, 3.05) is 6.54 Å². The largest absolute Gasteiger partial charge is 0.357 e. The zero-order chi connectivity index (χ0) is 18.2. The molecule has 7 heteroatoms. The molecular formula is C19H25N7. The summed E-state index contributed by atoms with van der Waals surface area (Å²) in [6, 6.07) is 10.5. The quantitative estimate of drug-likeness (QED) is 0.504. The summed E-state index contributed by atoms with van der Waals surface area (Å²) < 4.78 is 3.91. The Morgan fingerprint density at radius 1 is 1.08 bits per heavy atom. The predicted octanol–water partition coefficient (Wildman–Crippen LogP) is 1.92. The number of nitrogens with zero attached hydrogens (tertiary/aromatic N) is 5. The van der Waals surface area contributed by atoms with Crippen molar-refractivity contribution in [3.05, 3.63) is 72.1 Å². The Hall–Kier alpha value is -3.09. The molecule has 1 aromatic carbocycles. The minimum atomic E-state index is 0.631. The minimum absolute atomic E-state index is 0.631. The van der Waals surface area contributed by atoms with Crippen LogP contribution < -0.4 is 10.6 Å². The van der Waals surface area contributed by atoms with Gasteiger partial charge in [-0.15, -0.1) is 0 Å². The highest BCUT2D eigenvalue weighted by Gasteiger charge is 2.02. The number of nitrogens with one attached hydrogen (secondary N) is 2. The summed E-state index contributed by atoms with van der Waals surface area (Å²) in [4.78, 5) is 8.74. The minimum Gasteiger partial charge on any atom is -0.357 e. The lowest BCUT2D eigenvalue weighted by Gasteiger charge is -2.11. The van der Waals surface area contributed by atoms with E-state index >= 15 is 0 Å². The van der Waals surface area contributed by atoms with Crippen LogP contribution in [0.5, 0.6) is 0 Å². The molecule has 0 radical (unpaired) electrons. The van der Waals surface area contributed by atoms with Crippen LogP contribution in [0.1, 0.15) is 23.7 Å². The van der Waals surface area contributed by atoms with Gasteiger partial charge in [0.2, 0.25) is 0 Å². The second kappa shape index (κ2) is 8.84. The molecule has 0 saturated heterocycles. The van der Waals surface area contributed by atoms with Crippen LogP contribution >= 0.6 is 0 Å². The molecule has 2 heterocycles. The highest BCUT2D eigenvalue weighted by atomic mass is 15.3. The van der Waals surface area contributed by atoms with Gasteiger partial charge in [0.1, 0.15) is 0 Å². The summed E-state index contributed by atoms with van der Waals surface area (Å²) in [5.41, 5.74) is 3.54. The van der Waals surface area contributed by atoms with Gasteiger partial charge in [-0.2, -0.15) is 5.10 Å². The molecule has 3 rings (SSSR count). The number of rotatable bonds is 7. The number of aliphatic imine (C=N–C) groups is 1. The molecule has 0 unspecified atom stereocenters. The number of benzene rings is 1. The molecule has 0 saturated carbocycles. The molecule has 0 aliphatic carbocycles. The van der Waals surface area contributed by atoms with Gasteiger partial charge >= 0.3 is 0 Å². The van der Waals surface area contributed by atoms with Crippen molar-refractivity contribution in [3.8, 4) is 0 Å². The Morgan fingerprint density at radius 2 is 1.88 bits per heavy atom. The van der Waals surface area contributed by atoms with Gasteiger partial charge in [-0.1, -0.05) is 24.3 Å². The van der Waals surface area contributed by atoms with E-state index < -0.39 is 0 Å². The number of hydrogen-bond donors (Lipinski definition) is 2. The van der Waals surface area contributed by atoms with E-state index in [4.69, 9.17) is 0 Å². The molecule has 3 aromatic rings. The van der Waals surface area contributed by atoms with Crippen LogP contribution in [-0.2, 0) is 26.7 Å². The Kier molecular flexibility index (Phi) is 6.03. The van der Waals surface area contributed by atoms with Crippen LogP contribution in [0.4, 0.5) is 0 Å². The summed E-state index contributed by atoms with van der Waals surface area (Å²) in [5, 5.41) is 10.8. The first-order valence-corrected chi connectivity index (χ1v) is 8.77. The summed E-state index contributed by atoms with van der Waals surface area (Å²) in [6.45, 7) is 5.03. The summed E-state index contributed by atoms with van der Waals surface area (Å²) >= 11 is 0. The van der Waals surface area contributed by atoms with Crippen molar-refractivity contribution < 1.29 is 0 Å². The van der Waals surface area contributed by atoms with Crippen molar-refractivity contribution in [2.45, 2.75) is 26.6 Å². The fraction of sp³-hybridized carbons (Fsp3) is 0.316. The van der Waals surface area contributed by atoms with Crippen LogP contribution in [0.3, 0.4) is 0 Å². The summed E-state index contributed by atoms with van der Waals surface area (Å²) in [7, 11) is 1.94. The van der Waals surface area contributed by atoms with E-state index in [1.165, 1.54) is 11.1 Å². The Labute approximate surface area is 153 Å². The number of imidazole rings is 1. The van der Waals surface area contributed by atoms with Gasteiger partial charge in [0, 0.05) is 38.7 Å². The lowest BCUT2D eigenvalue weighted by Crippen LogP contribution is -2.37. The van der Waals surface area contributed by atoms with Crippen molar-refractivity contribution >= 4 is 5.96 Å². The Morgan fingerprint density at radius 3 is 2.54 bits per heavy atom. The maximum absolute atomic E-state index is 4.67. The molecule has 0 aliphatic heterocycles. The molecule has 7 nitrogen and oxygen atoms in total. The zero-order valence-electron chi connectivity index (χ0n) is 15.3. The maximum atomic E-state index is 4.67. The fourth-order valence-electron chi connectivity index (χ4n) is 2.60. The lowest BCUT2D eigenvalue weighted by atomic mass is 10.1. The molecule has 0 spiro atoms. The van der Waals surface area contributed by atoms with E-state index in [0.717, 1.165) is 24.7 Å². The van der Waals surface area contributed by atoms with E-state index in [2.05, 4.69) is 61.5 Å². The number of aromatic nitrogens is 4. The molecule has 136 valence electrons. The van der Waals surface area contributed by atoms with Gasteiger partial charge in [-0.3, -0.25) is 4.68 Å². The second-order valence-corrected chi connectivity index (χ2v) is 6.05. The third kappa shape index (κ3) is 4.95. The first-order chi connectivity index (χ1) is 12.7. The van der Waals surface area contributed by atoms with Crippen molar-refractivity contribution in [2.24, 2.45) is 12.0 Å². The topological polar surface area (TPSA) is 72.1 Å². The maximum Gasteiger partial charge on any atom is 0.191 e. The number of hydrogen-bond acceptors (Lipinski definition) is 3. The average Bonchev–Trinajstić information content (AvgIpc) is 3.30. The molecule has 2 aromatic heterocycles. The molecule has 0 bridgehead atoms. The average molecular weight is 351 g/mol. The molecule has 26 heavy (non-hydrogen) atoms. The molecule has 0 fully saturated rings. The van der Waals surface area contributed by atoms with E-state index in [1.807, 2.05) is 30.3 Å². The first-order valence-electron chi connectivity index (χ1n) is 8.77. The number of guanidine groups is 1. The van der Waals surface area contributed by atoms with E-state index in [9.17, 15) is 0 Å². The van der Waals surface area contributed by atoms with Crippen LogP contribution in [0.2, 0.25) is 0 Å². The third-order valence-corrected chi connectivity index (χ3v) is 4.07. The lowest BCUT2D eigenvalue weighted by molar-refractivity contribution is 0.685. The van der Waals surface area contributed by atoms with E-state index in [0.29, 0.717) is 13.1 Å². The number of aryl methyl sites for hydroxylation is 1. The smallest absolute Gasteiger partial charge is 0.191 e. The van der Waals surface area contributed by atoms with Crippen LogP contribution in [0.15, 0.2) is 60.2 Å². The molecule has 0 aliphatic rings. The molecular weight excluding hydrogens is 326 g/mol. The fourth-order valence-corrected chi connectivity index (χ4v) is 2.60. The Balaban J connectivity index is 1.57. The van der Waals surface area contributed by atoms with E-state index in [-0.39, 0.29) is 0 Å². The highest BCUT2D eigenvalue weighted by molar-refractivity contribution is 5.79. The van der Waals surface area contributed by atoms with E-state index in [1.54, 1.807) is 12.4 Å². The van der Waals surface area contributed by atoms with Crippen LogP contribution in [-0.4, -0.2) is 31.8 Å². The van der Waals surface area contributed by atoms with Crippen LogP contribution in [0, 0.1) is 0 Å². The second-order valence-electron chi connectivity index (χ2n) is 6.05. The molecule has 0 amide bonds. The van der Waals surface area contributed by atoms with Gasteiger partial charge in [0.15, 0.2) is 5.96 Å². The summed E-state index contributed by atoms with van der Waals surface area (Å²) in [5.74, 6) is 0.802.